The van der Waals surface area contributed by atoms with E-state index < -0.39 is 51.6 Å². The molecule has 0 amide bonds. The number of aliphatic carboxylic acids is 2. The predicted octanol–water partition coefficient (Wildman–Crippen LogP) is 3.47. The minimum Gasteiger partial charge on any atom is -0.497 e. The highest BCUT2D eigenvalue weighted by Crippen LogP contribution is 2.36. The third kappa shape index (κ3) is 6.49. The van der Waals surface area contributed by atoms with Gasteiger partial charge in [0.25, 0.3) is 10.0 Å². The van der Waals surface area contributed by atoms with Crippen molar-refractivity contribution in [2.75, 3.05) is 31.6 Å². The van der Waals surface area contributed by atoms with Crippen LogP contribution in [0.1, 0.15) is 5.56 Å². The minimum absolute atomic E-state index is 0.000844. The van der Waals surface area contributed by atoms with E-state index in [1.165, 1.54) is 80.2 Å². The van der Waals surface area contributed by atoms with Crippen molar-refractivity contribution in [1.29, 1.82) is 0 Å². The standard InChI is InChI=1S/C27H26N2O10S3/c1-38-19-3-7-21(8-4-19)41(34,35)28(16-26(30)31)15-18-13-24(23-11-12-40-25(23)14-18)29(17-27(32)33)42(36,37)22-9-5-20(39-2)6-10-22/h3-14H,15-17H2,1-2H3,(H,30,31)(H,32,33). The zero-order chi connectivity index (χ0) is 30.7. The number of rotatable bonds is 13. The van der Waals surface area contributed by atoms with Crippen LogP contribution in [-0.4, -0.2) is 70.6 Å². The Morgan fingerprint density at radius 3 is 1.79 bits per heavy atom. The molecular weight excluding hydrogens is 609 g/mol. The Labute approximate surface area is 246 Å². The van der Waals surface area contributed by atoms with E-state index in [0.29, 0.717) is 21.6 Å². The predicted molar refractivity (Wildman–Crippen MR) is 155 cm³/mol. The molecular formula is C27H26N2O10S3. The fourth-order valence-corrected chi connectivity index (χ4v) is 7.85. The molecule has 0 aliphatic carbocycles. The molecule has 0 unspecified atom stereocenters. The molecule has 3 aromatic carbocycles. The zero-order valence-corrected chi connectivity index (χ0v) is 24.8. The van der Waals surface area contributed by atoms with Gasteiger partial charge in [-0.15, -0.1) is 11.3 Å². The summed E-state index contributed by atoms with van der Waals surface area (Å²) in [6.45, 7) is -2.24. The van der Waals surface area contributed by atoms with Crippen molar-refractivity contribution >= 4 is 59.1 Å². The van der Waals surface area contributed by atoms with Gasteiger partial charge in [0, 0.05) is 16.6 Å². The summed E-state index contributed by atoms with van der Waals surface area (Å²) >= 11 is 1.23. The van der Waals surface area contributed by atoms with Crippen LogP contribution in [0.2, 0.25) is 0 Å². The molecule has 4 aromatic rings. The smallest absolute Gasteiger partial charge is 0.324 e. The molecule has 0 saturated heterocycles. The van der Waals surface area contributed by atoms with E-state index in [2.05, 4.69) is 0 Å². The summed E-state index contributed by atoms with van der Waals surface area (Å²) in [6.07, 6.45) is 0. The van der Waals surface area contributed by atoms with Crippen LogP contribution in [0.3, 0.4) is 0 Å². The van der Waals surface area contributed by atoms with Gasteiger partial charge in [-0.1, -0.05) is 0 Å². The van der Waals surface area contributed by atoms with Crippen molar-refractivity contribution < 1.29 is 46.1 Å². The second-order valence-electron chi connectivity index (χ2n) is 8.87. The normalized spacial score (nSPS) is 11.9. The van der Waals surface area contributed by atoms with E-state index in [-0.39, 0.29) is 21.0 Å². The highest BCUT2D eigenvalue weighted by molar-refractivity contribution is 7.93. The van der Waals surface area contributed by atoms with Gasteiger partial charge in [-0.25, -0.2) is 16.8 Å². The fourth-order valence-electron chi connectivity index (χ4n) is 4.18. The number of benzene rings is 3. The van der Waals surface area contributed by atoms with Gasteiger partial charge in [0.05, 0.1) is 29.7 Å². The third-order valence-electron chi connectivity index (χ3n) is 6.17. The van der Waals surface area contributed by atoms with E-state index in [4.69, 9.17) is 9.47 Å². The van der Waals surface area contributed by atoms with Crippen LogP contribution < -0.4 is 13.8 Å². The summed E-state index contributed by atoms with van der Waals surface area (Å²) in [5.74, 6) is -2.02. The first kappa shape index (κ1) is 30.8. The summed E-state index contributed by atoms with van der Waals surface area (Å²) < 4.78 is 66.6. The lowest BCUT2D eigenvalue weighted by atomic mass is 10.1. The van der Waals surface area contributed by atoms with Gasteiger partial charge < -0.3 is 19.7 Å². The van der Waals surface area contributed by atoms with Gasteiger partial charge in [-0.2, -0.15) is 4.31 Å². The first-order valence-corrected chi connectivity index (χ1v) is 15.9. The van der Waals surface area contributed by atoms with Crippen LogP contribution >= 0.6 is 11.3 Å². The molecule has 1 aromatic heterocycles. The Balaban J connectivity index is 1.82. The monoisotopic (exact) mass is 634 g/mol. The number of hydrogen-bond donors (Lipinski definition) is 2. The van der Waals surface area contributed by atoms with Gasteiger partial charge in [0.2, 0.25) is 10.0 Å². The molecule has 0 saturated carbocycles. The molecule has 0 aliphatic rings. The van der Waals surface area contributed by atoms with Crippen molar-refractivity contribution in [2.24, 2.45) is 0 Å². The zero-order valence-electron chi connectivity index (χ0n) is 22.3. The van der Waals surface area contributed by atoms with Crippen LogP contribution in [0.15, 0.2) is 81.9 Å². The lowest BCUT2D eigenvalue weighted by Gasteiger charge is -2.25. The van der Waals surface area contributed by atoms with Crippen molar-refractivity contribution in [2.45, 2.75) is 16.3 Å². The molecule has 4 rings (SSSR count). The molecule has 0 atom stereocenters. The molecule has 42 heavy (non-hydrogen) atoms. The number of sulfonamides is 2. The van der Waals surface area contributed by atoms with Crippen molar-refractivity contribution in [3.8, 4) is 11.5 Å². The van der Waals surface area contributed by atoms with E-state index in [0.717, 1.165) is 8.61 Å². The van der Waals surface area contributed by atoms with Crippen LogP contribution in [0.25, 0.3) is 10.1 Å². The van der Waals surface area contributed by atoms with E-state index in [1.807, 2.05) is 0 Å². The average molecular weight is 635 g/mol. The lowest BCUT2D eigenvalue weighted by molar-refractivity contribution is -0.137. The number of thiophene rings is 1. The maximum atomic E-state index is 13.7. The Hall–Kier alpha value is -4.18. The Morgan fingerprint density at radius 2 is 1.29 bits per heavy atom. The molecule has 0 fully saturated rings. The molecule has 2 N–H and O–H groups in total. The van der Waals surface area contributed by atoms with Gasteiger partial charge in [-0.3, -0.25) is 13.9 Å². The third-order valence-corrected chi connectivity index (χ3v) is 10.6. The summed E-state index contributed by atoms with van der Waals surface area (Å²) in [4.78, 5) is 23.2. The van der Waals surface area contributed by atoms with E-state index >= 15 is 0 Å². The summed E-state index contributed by atoms with van der Waals surface area (Å²) in [7, 11) is -5.91. The molecule has 222 valence electrons. The van der Waals surface area contributed by atoms with Crippen molar-refractivity contribution in [1.82, 2.24) is 4.31 Å². The Bertz CT molecular complexity index is 1820. The minimum atomic E-state index is -4.42. The van der Waals surface area contributed by atoms with Crippen LogP contribution in [0, 0.1) is 0 Å². The number of anilines is 1. The van der Waals surface area contributed by atoms with Crippen LogP contribution in [0.4, 0.5) is 5.69 Å². The molecule has 0 spiro atoms. The van der Waals surface area contributed by atoms with Crippen LogP contribution in [0.5, 0.6) is 11.5 Å². The first-order valence-electron chi connectivity index (χ1n) is 12.1. The number of carbonyl (C=O) groups is 2. The lowest BCUT2D eigenvalue weighted by Crippen LogP contribution is -2.36. The SMILES string of the molecule is COc1ccc(S(=O)(=O)N(CC(=O)O)Cc2cc(N(CC(=O)O)S(=O)(=O)c3ccc(OC)cc3)c3ccsc3c2)cc1. The maximum Gasteiger partial charge on any atom is 0.324 e. The van der Waals surface area contributed by atoms with Crippen molar-refractivity contribution in [3.63, 3.8) is 0 Å². The number of carboxylic acids is 2. The number of fused-ring (bicyclic) bond motifs is 1. The average Bonchev–Trinajstić information content (AvgIpc) is 3.43. The molecule has 1 heterocycles. The number of nitrogens with zero attached hydrogens (tertiary/aromatic N) is 2. The van der Waals surface area contributed by atoms with Crippen LogP contribution in [-0.2, 0) is 36.2 Å². The second kappa shape index (κ2) is 12.4. The molecule has 15 heteroatoms. The number of ether oxygens (including phenoxy) is 2. The summed E-state index contributed by atoms with van der Waals surface area (Å²) in [5, 5.41) is 21.3. The summed E-state index contributed by atoms with van der Waals surface area (Å²) in [5.41, 5.74) is 0.248. The first-order chi connectivity index (χ1) is 19.9. The van der Waals surface area contributed by atoms with E-state index in [1.54, 1.807) is 17.5 Å². The highest BCUT2D eigenvalue weighted by Gasteiger charge is 2.31. The quantitative estimate of drug-likeness (QED) is 0.222. The molecule has 0 radical (unpaired) electrons. The van der Waals surface area contributed by atoms with Crippen molar-refractivity contribution in [3.05, 3.63) is 77.7 Å². The molecule has 0 bridgehead atoms. The molecule has 12 nitrogen and oxygen atoms in total. The topological polar surface area (TPSA) is 168 Å². The number of hydrogen-bond acceptors (Lipinski definition) is 9. The Morgan fingerprint density at radius 1 is 0.762 bits per heavy atom. The fraction of sp³-hybridized carbons (Fsp3) is 0.185. The number of methoxy groups -OCH3 is 2. The summed E-state index contributed by atoms with van der Waals surface area (Å²) in [6, 6.07) is 15.4. The van der Waals surface area contributed by atoms with Gasteiger partial charge >= 0.3 is 11.9 Å². The van der Waals surface area contributed by atoms with Gasteiger partial charge in [-0.05, 0) is 77.7 Å². The largest absolute Gasteiger partial charge is 0.497 e. The Kier molecular flexibility index (Phi) is 9.06. The van der Waals surface area contributed by atoms with Gasteiger partial charge in [0.1, 0.15) is 24.6 Å². The van der Waals surface area contributed by atoms with Gasteiger partial charge in [0.15, 0.2) is 0 Å². The second-order valence-corrected chi connectivity index (χ2v) is 13.6. The highest BCUT2D eigenvalue weighted by atomic mass is 32.2. The molecule has 0 aliphatic heterocycles. The number of carboxylic acid groups (broad SMARTS) is 2. The maximum absolute atomic E-state index is 13.7. The van der Waals surface area contributed by atoms with E-state index in [9.17, 15) is 36.6 Å².